The molecule has 8 rings (SSSR count). The van der Waals surface area contributed by atoms with Crippen molar-refractivity contribution in [3.63, 3.8) is 0 Å². The fraction of sp³-hybridized carbons (Fsp3) is 0.346. The summed E-state index contributed by atoms with van der Waals surface area (Å²) in [6, 6.07) is 11.4. The maximum Gasteiger partial charge on any atom is 0.335 e. The van der Waals surface area contributed by atoms with Crippen LogP contribution < -0.4 is 4.90 Å². The minimum absolute atomic E-state index is 0.294. The molecule has 2 aromatic heterocycles. The number of halogens is 2. The van der Waals surface area contributed by atoms with Gasteiger partial charge in [-0.05, 0) is 49.6 Å². The molecule has 7 nitrogen and oxygen atoms in total. The molecule has 1 N–H and O–H groups in total. The van der Waals surface area contributed by atoms with Crippen molar-refractivity contribution in [3.05, 3.63) is 63.3 Å². The molecule has 0 radical (unpaired) electrons. The summed E-state index contributed by atoms with van der Waals surface area (Å²) in [5.41, 5.74) is 3.74. The van der Waals surface area contributed by atoms with Crippen molar-refractivity contribution < 1.29 is 14.4 Å². The van der Waals surface area contributed by atoms with Gasteiger partial charge in [-0.3, -0.25) is 4.90 Å². The van der Waals surface area contributed by atoms with Gasteiger partial charge in [0.15, 0.2) is 5.13 Å². The number of aromatic carboxylic acids is 1. The zero-order valence-corrected chi connectivity index (χ0v) is 21.5. The molecular formula is C26H22Cl2N4O3S. The van der Waals surface area contributed by atoms with Crippen LogP contribution in [0.15, 0.2) is 40.9 Å². The van der Waals surface area contributed by atoms with Gasteiger partial charge in [0.25, 0.3) is 0 Å². The van der Waals surface area contributed by atoms with Crippen molar-refractivity contribution in [2.45, 2.75) is 43.8 Å². The summed E-state index contributed by atoms with van der Waals surface area (Å²) in [7, 11) is 0. The first-order valence-electron chi connectivity index (χ1n) is 12.0. The Morgan fingerprint density at radius 3 is 2.58 bits per heavy atom. The number of nitrogens with zero attached hydrogens (tertiary/aromatic N) is 4. The second-order valence-corrected chi connectivity index (χ2v) is 11.7. The highest BCUT2D eigenvalue weighted by Gasteiger charge is 2.46. The lowest BCUT2D eigenvalue weighted by Crippen LogP contribution is -2.68. The lowest BCUT2D eigenvalue weighted by molar-refractivity contribution is 0.0697. The van der Waals surface area contributed by atoms with E-state index in [1.807, 2.05) is 18.2 Å². The Hall–Kier alpha value is -2.65. The predicted molar refractivity (Wildman–Crippen MR) is 140 cm³/mol. The summed E-state index contributed by atoms with van der Waals surface area (Å²) in [5, 5.41) is 15.9. The zero-order valence-electron chi connectivity index (χ0n) is 19.2. The number of hydrogen-bond donors (Lipinski definition) is 1. The van der Waals surface area contributed by atoms with Crippen LogP contribution in [0.1, 0.15) is 46.9 Å². The Kier molecular flexibility index (Phi) is 5.29. The van der Waals surface area contributed by atoms with E-state index in [4.69, 9.17) is 32.7 Å². The van der Waals surface area contributed by atoms with Crippen molar-refractivity contribution in [2.75, 3.05) is 18.0 Å². The third-order valence-corrected chi connectivity index (χ3v) is 9.12. The van der Waals surface area contributed by atoms with Crippen LogP contribution in [-0.2, 0) is 6.54 Å². The summed E-state index contributed by atoms with van der Waals surface area (Å²) < 4.78 is 6.77. The second-order valence-electron chi connectivity index (χ2n) is 9.87. The van der Waals surface area contributed by atoms with Crippen LogP contribution >= 0.6 is 34.5 Å². The van der Waals surface area contributed by atoms with Crippen molar-refractivity contribution >= 4 is 55.9 Å². The fourth-order valence-electron chi connectivity index (χ4n) is 5.58. The van der Waals surface area contributed by atoms with Crippen LogP contribution in [0.3, 0.4) is 0 Å². The number of benzene rings is 2. The molecule has 4 aromatic rings. The molecule has 5 heterocycles. The quantitative estimate of drug-likeness (QED) is 0.307. The molecule has 184 valence electrons. The van der Waals surface area contributed by atoms with Crippen LogP contribution in [0.5, 0.6) is 0 Å². The SMILES string of the molecule is O=C(O)c1ccc2nc(N3C4CC3CN(Cc3c(-c5c(Cl)cccc5Cl)noc3C3CC3)C4)sc2c1. The second kappa shape index (κ2) is 8.45. The van der Waals surface area contributed by atoms with Crippen LogP contribution in [-0.4, -0.2) is 51.3 Å². The van der Waals surface area contributed by atoms with E-state index in [9.17, 15) is 9.90 Å². The number of carboxylic acids is 1. The van der Waals surface area contributed by atoms with E-state index in [1.54, 1.807) is 29.5 Å². The fourth-order valence-corrected chi connectivity index (χ4v) is 7.30. The van der Waals surface area contributed by atoms with Gasteiger partial charge in [0.2, 0.25) is 0 Å². The highest BCUT2D eigenvalue weighted by molar-refractivity contribution is 7.22. The van der Waals surface area contributed by atoms with Gasteiger partial charge in [-0.2, -0.15) is 0 Å². The Morgan fingerprint density at radius 1 is 1.14 bits per heavy atom. The lowest BCUT2D eigenvalue weighted by atomic mass is 9.87. The molecule has 3 aliphatic heterocycles. The molecule has 1 aliphatic carbocycles. The third kappa shape index (κ3) is 3.70. The minimum atomic E-state index is -0.917. The molecule has 1 saturated carbocycles. The molecule has 2 aromatic carbocycles. The summed E-state index contributed by atoms with van der Waals surface area (Å²) in [6.07, 6.45) is 3.38. The van der Waals surface area contributed by atoms with E-state index in [-0.39, 0.29) is 0 Å². The molecule has 3 saturated heterocycles. The van der Waals surface area contributed by atoms with E-state index in [2.05, 4.69) is 15.0 Å². The number of carbonyl (C=O) groups is 1. The molecule has 2 atom stereocenters. The van der Waals surface area contributed by atoms with Gasteiger partial charge in [-0.15, -0.1) is 0 Å². The molecule has 2 unspecified atom stereocenters. The Bertz CT molecular complexity index is 1480. The van der Waals surface area contributed by atoms with Crippen molar-refractivity contribution in [3.8, 4) is 11.3 Å². The van der Waals surface area contributed by atoms with E-state index in [1.165, 1.54) is 0 Å². The number of rotatable bonds is 6. The molecule has 10 heteroatoms. The first kappa shape index (κ1) is 22.5. The monoisotopic (exact) mass is 540 g/mol. The van der Waals surface area contributed by atoms with Crippen LogP contribution in [0.2, 0.25) is 10.0 Å². The zero-order chi connectivity index (χ0) is 24.6. The Balaban J connectivity index is 1.14. The van der Waals surface area contributed by atoms with Crippen LogP contribution in [0, 0.1) is 0 Å². The molecular weight excluding hydrogens is 519 g/mol. The first-order chi connectivity index (χ1) is 17.5. The van der Waals surface area contributed by atoms with E-state index >= 15 is 0 Å². The van der Waals surface area contributed by atoms with Gasteiger partial charge in [-0.1, -0.05) is 45.8 Å². The van der Waals surface area contributed by atoms with Crippen molar-refractivity contribution in [2.24, 2.45) is 0 Å². The van der Waals surface area contributed by atoms with E-state index in [0.29, 0.717) is 33.6 Å². The van der Waals surface area contributed by atoms with Crippen LogP contribution in [0.4, 0.5) is 5.13 Å². The van der Waals surface area contributed by atoms with Gasteiger partial charge in [0.1, 0.15) is 11.5 Å². The summed E-state index contributed by atoms with van der Waals surface area (Å²) in [4.78, 5) is 21.0. The maximum absolute atomic E-state index is 11.3. The summed E-state index contributed by atoms with van der Waals surface area (Å²) in [5.74, 6) is 0.481. The number of thiazole rings is 1. The maximum atomic E-state index is 11.3. The average Bonchev–Trinajstić information content (AvgIpc) is 3.49. The third-order valence-electron chi connectivity index (χ3n) is 7.46. The van der Waals surface area contributed by atoms with Gasteiger partial charge in [0, 0.05) is 48.8 Å². The van der Waals surface area contributed by atoms with Gasteiger partial charge >= 0.3 is 5.97 Å². The Labute approximate surface area is 221 Å². The molecule has 4 aliphatic rings. The standard InChI is InChI=1S/C26H22Cl2N4O3S/c27-18-2-1-3-19(28)22(18)23-17(24(35-30-23)13-4-5-13)12-31-10-15-9-16(11-31)32(15)26-29-20-7-6-14(25(33)34)8-21(20)36-26/h1-3,6-8,13,15-16H,4-5,9-12H2,(H,33,34). The average molecular weight is 541 g/mol. The first-order valence-corrected chi connectivity index (χ1v) is 13.6. The minimum Gasteiger partial charge on any atom is -0.478 e. The van der Waals surface area contributed by atoms with E-state index < -0.39 is 5.97 Å². The Morgan fingerprint density at radius 2 is 1.89 bits per heavy atom. The van der Waals surface area contributed by atoms with Gasteiger partial charge < -0.3 is 14.5 Å². The number of fused-ring (bicyclic) bond motifs is 3. The summed E-state index contributed by atoms with van der Waals surface area (Å²) >= 11 is 14.6. The van der Waals surface area contributed by atoms with Crippen molar-refractivity contribution in [1.82, 2.24) is 15.0 Å². The predicted octanol–water partition coefficient (Wildman–Crippen LogP) is 6.30. The highest BCUT2D eigenvalue weighted by Crippen LogP contribution is 2.47. The molecule has 0 spiro atoms. The van der Waals surface area contributed by atoms with Crippen molar-refractivity contribution in [1.29, 1.82) is 0 Å². The molecule has 36 heavy (non-hydrogen) atoms. The van der Waals surface area contributed by atoms with Crippen LogP contribution in [0.25, 0.3) is 21.5 Å². The number of hydrogen-bond acceptors (Lipinski definition) is 7. The molecule has 0 amide bonds. The molecule has 4 fully saturated rings. The highest BCUT2D eigenvalue weighted by atomic mass is 35.5. The topological polar surface area (TPSA) is 82.7 Å². The summed E-state index contributed by atoms with van der Waals surface area (Å²) in [6.45, 7) is 2.57. The number of piperidine rings is 1. The molecule has 2 bridgehead atoms. The largest absolute Gasteiger partial charge is 0.478 e. The number of aromatic nitrogens is 2. The van der Waals surface area contributed by atoms with Gasteiger partial charge in [0.05, 0.1) is 25.8 Å². The van der Waals surface area contributed by atoms with E-state index in [0.717, 1.165) is 76.8 Å². The normalized spacial score (nSPS) is 21.7. The number of piperazine rings is 1. The lowest BCUT2D eigenvalue weighted by Gasteiger charge is -2.56. The number of anilines is 1. The smallest absolute Gasteiger partial charge is 0.335 e. The number of carboxylic acid groups (broad SMARTS) is 1. The van der Waals surface area contributed by atoms with Gasteiger partial charge in [-0.25, -0.2) is 9.78 Å².